The van der Waals surface area contributed by atoms with Crippen molar-refractivity contribution in [3.63, 3.8) is 0 Å². The summed E-state index contributed by atoms with van der Waals surface area (Å²) >= 11 is -6.38. The number of carbonyl (C=O) groups excluding carboxylic acids is 6. The second-order valence-electron chi connectivity index (χ2n) is 2.14. The molecule has 0 aliphatic heterocycles. The molecule has 13 heavy (non-hydrogen) atoms. The molecule has 0 spiro atoms. The van der Waals surface area contributed by atoms with Crippen molar-refractivity contribution in [2.45, 2.75) is 0 Å². The minimum atomic E-state index is -6.38. The molecule has 0 aromatic heterocycles. The average molecular weight is 277 g/mol. The topological polar surface area (TPSA) is 102 Å². The summed E-state index contributed by atoms with van der Waals surface area (Å²) < 4.78 is 0. The van der Waals surface area contributed by atoms with Crippen LogP contribution in [0.5, 0.6) is 0 Å². The van der Waals surface area contributed by atoms with Gasteiger partial charge in [0.05, 0.1) is 0 Å². The van der Waals surface area contributed by atoms with E-state index in [9.17, 15) is 28.8 Å². The van der Waals surface area contributed by atoms with Gasteiger partial charge in [-0.25, -0.2) is 0 Å². The van der Waals surface area contributed by atoms with Crippen molar-refractivity contribution in [3.05, 3.63) is 0 Å². The Kier molecular flexibility index (Phi) is 2.30. The van der Waals surface area contributed by atoms with Crippen LogP contribution in [0.25, 0.3) is 0 Å². The van der Waals surface area contributed by atoms with Crippen LogP contribution in [0.1, 0.15) is 0 Å². The van der Waals surface area contributed by atoms with Gasteiger partial charge in [-0.2, -0.15) is 0 Å². The Balaban J connectivity index is 6.50. The third-order valence-electron chi connectivity index (χ3n) is 1.36. The summed E-state index contributed by atoms with van der Waals surface area (Å²) in [6.45, 7) is 0. The van der Waals surface area contributed by atoms with Crippen molar-refractivity contribution >= 4 is 29.3 Å². The molecular weight excluding hydrogens is 271 g/mol. The van der Waals surface area contributed by atoms with Crippen molar-refractivity contribution < 1.29 is 41.2 Å². The fraction of sp³-hybridized carbons (Fsp3) is 0. The second kappa shape index (κ2) is 2.57. The summed E-state index contributed by atoms with van der Waals surface area (Å²) in [6.07, 6.45) is 0. The fourth-order valence-electron chi connectivity index (χ4n) is 0.278. The molecule has 0 amide bonds. The first-order valence-electron chi connectivity index (χ1n) is 2.57. The molecule has 0 heterocycles. The van der Waals surface area contributed by atoms with Gasteiger partial charge in [-0.15, -0.1) is 0 Å². The van der Waals surface area contributed by atoms with E-state index in [1.54, 1.807) is 0 Å². The quantitative estimate of drug-likeness (QED) is 0.426. The van der Waals surface area contributed by atoms with Crippen LogP contribution < -0.4 is 0 Å². The van der Waals surface area contributed by atoms with Gasteiger partial charge < -0.3 is 0 Å². The van der Waals surface area contributed by atoms with Crippen molar-refractivity contribution in [2.24, 2.45) is 0 Å². The first kappa shape index (κ1) is 11.6. The van der Waals surface area contributed by atoms with Gasteiger partial charge in [0.25, 0.3) is 0 Å². The van der Waals surface area contributed by atoms with Gasteiger partial charge in [0.2, 0.25) is 0 Å². The molecule has 0 N–H and O–H groups in total. The van der Waals surface area contributed by atoms with Gasteiger partial charge in [0.15, 0.2) is 0 Å². The molecular formula is C6H6O6Rh. The summed E-state index contributed by atoms with van der Waals surface area (Å²) in [5, 5.41) is 0. The first-order valence-corrected chi connectivity index (χ1v) is 8.25. The Labute approximate surface area is 70.9 Å². The van der Waals surface area contributed by atoms with Gasteiger partial charge >= 0.3 is 70.5 Å². The molecule has 0 aromatic carbocycles. The molecule has 75 valence electrons. The molecule has 0 unspecified atom stereocenters. The van der Waals surface area contributed by atoms with Crippen LogP contribution in [0.3, 0.4) is 0 Å². The van der Waals surface area contributed by atoms with Crippen LogP contribution in [0.4, 0.5) is 0 Å². The minimum absolute atomic E-state index is 0.414. The van der Waals surface area contributed by atoms with Crippen LogP contribution in [0.15, 0.2) is 0 Å². The van der Waals surface area contributed by atoms with Crippen LogP contribution in [-0.4, -0.2) is 29.3 Å². The number of rotatable bonds is 6. The maximum atomic E-state index is 10.5. The van der Waals surface area contributed by atoms with Crippen molar-refractivity contribution in [2.75, 3.05) is 0 Å². The first-order chi connectivity index (χ1) is 5.97. The summed E-state index contributed by atoms with van der Waals surface area (Å²) in [5.41, 5.74) is 0. The van der Waals surface area contributed by atoms with Gasteiger partial charge in [-0.1, -0.05) is 0 Å². The summed E-state index contributed by atoms with van der Waals surface area (Å²) in [5.74, 6) is 0. The Hall–Kier alpha value is -1.36. The molecule has 0 bridgehead atoms. The molecule has 0 fully saturated rings. The summed E-state index contributed by atoms with van der Waals surface area (Å²) in [4.78, 5) is 60.8. The number of hydrogen-bond acceptors (Lipinski definition) is 6. The SMILES string of the molecule is O=[CH][Rh]([CH]=O)([CH]=O)([CH]=O)([CH]=O)[CH]=O. The van der Waals surface area contributed by atoms with E-state index in [-0.39, 0.29) is 0 Å². The molecule has 0 rings (SSSR count). The van der Waals surface area contributed by atoms with E-state index in [1.807, 2.05) is 0 Å². The maximum absolute atomic E-state index is 10.5. The molecule has 6 nitrogen and oxygen atoms in total. The van der Waals surface area contributed by atoms with E-state index in [0.717, 1.165) is 0 Å². The Bertz CT molecular complexity index is 233. The molecule has 0 radical (unpaired) electrons. The van der Waals surface area contributed by atoms with Gasteiger partial charge in [0.1, 0.15) is 0 Å². The van der Waals surface area contributed by atoms with E-state index < -0.39 is 41.7 Å². The standard InChI is InChI=1S/6CHO.Rh/c6*1-2;/h6*1H;. The molecule has 0 aromatic rings. The van der Waals surface area contributed by atoms with E-state index in [4.69, 9.17) is 0 Å². The molecule has 7 heteroatoms. The zero-order valence-electron chi connectivity index (χ0n) is 6.25. The third kappa shape index (κ3) is 0.969. The molecule has 0 saturated heterocycles. The summed E-state index contributed by atoms with van der Waals surface area (Å²) in [6, 6.07) is 0. The van der Waals surface area contributed by atoms with Gasteiger partial charge in [0, 0.05) is 0 Å². The van der Waals surface area contributed by atoms with Crippen LogP contribution in [0, 0.1) is 0 Å². The molecule has 0 aliphatic rings. The van der Waals surface area contributed by atoms with Crippen molar-refractivity contribution in [1.82, 2.24) is 0 Å². The molecule has 0 aliphatic carbocycles. The second-order valence-corrected chi connectivity index (χ2v) is 12.6. The third-order valence-corrected chi connectivity index (χ3v) is 8.05. The Morgan fingerprint density at radius 1 is 0.462 bits per heavy atom. The van der Waals surface area contributed by atoms with Crippen LogP contribution in [-0.2, 0) is 41.2 Å². The van der Waals surface area contributed by atoms with Gasteiger partial charge in [-0.3, -0.25) is 0 Å². The van der Waals surface area contributed by atoms with E-state index >= 15 is 0 Å². The normalized spacial score (nSPS) is 15.7. The number of carbonyl (C=O) groups is 6. The fourth-order valence-corrected chi connectivity index (χ4v) is 1.64. The average Bonchev–Trinajstić information content (AvgIpc) is 2.26. The monoisotopic (exact) mass is 277 g/mol. The van der Waals surface area contributed by atoms with Crippen molar-refractivity contribution in [3.8, 4) is 0 Å². The summed E-state index contributed by atoms with van der Waals surface area (Å²) in [7, 11) is 0. The van der Waals surface area contributed by atoms with Gasteiger partial charge in [-0.05, 0) is 0 Å². The van der Waals surface area contributed by atoms with Crippen LogP contribution in [0.2, 0.25) is 0 Å². The predicted octanol–water partition coefficient (Wildman–Crippen LogP) is -1.65. The predicted molar refractivity (Wildman–Crippen MR) is 40.5 cm³/mol. The Morgan fingerprint density at radius 2 is 0.615 bits per heavy atom. The number of hydrogen-bond donors (Lipinski definition) is 0. The zero-order chi connectivity index (χ0) is 10.7. The van der Waals surface area contributed by atoms with E-state index in [2.05, 4.69) is 0 Å². The molecule has 0 atom stereocenters. The van der Waals surface area contributed by atoms with E-state index in [1.165, 1.54) is 0 Å². The zero-order valence-corrected chi connectivity index (χ0v) is 7.89. The Morgan fingerprint density at radius 3 is 0.615 bits per heavy atom. The molecule has 0 saturated carbocycles. The van der Waals surface area contributed by atoms with E-state index in [0.29, 0.717) is 0 Å². The van der Waals surface area contributed by atoms with Crippen molar-refractivity contribution in [1.29, 1.82) is 0 Å². The van der Waals surface area contributed by atoms with Crippen LogP contribution >= 0.6 is 0 Å².